The maximum absolute atomic E-state index is 9.52. The van der Waals surface area contributed by atoms with Crippen molar-refractivity contribution in [1.82, 2.24) is 0 Å². The first-order valence-corrected chi connectivity index (χ1v) is 0.966. The predicted molar refractivity (Wildman–Crippen MR) is 16.7 cm³/mol. The summed E-state index contributed by atoms with van der Waals surface area (Å²) in [5, 5.41) is 7.75. The van der Waals surface area contributed by atoms with Gasteiger partial charge in [-0.05, 0) is 0 Å². The summed E-state index contributed by atoms with van der Waals surface area (Å²) in [5.41, 5.74) is 4.41. The molecular formula is C2H5NO2. The van der Waals surface area contributed by atoms with Gasteiger partial charge in [-0.25, -0.2) is 0 Å². The van der Waals surface area contributed by atoms with Crippen LogP contribution in [0.1, 0.15) is 2.74 Å². The molecule has 0 atom stereocenters. The molecule has 0 heterocycles. The first kappa shape index (κ1) is 1.77. The van der Waals surface area contributed by atoms with E-state index in [4.69, 9.17) is 7.85 Å². The zero-order valence-electron chi connectivity index (χ0n) is 4.43. The summed E-state index contributed by atoms with van der Waals surface area (Å²) >= 11 is 0. The molecule has 0 fully saturated rings. The zero-order chi connectivity index (χ0) is 6.08. The van der Waals surface area contributed by atoms with Gasteiger partial charge in [0.2, 0.25) is 0 Å². The van der Waals surface area contributed by atoms with Gasteiger partial charge in [0.05, 0.1) is 9.24 Å². The van der Waals surface area contributed by atoms with Crippen LogP contribution >= 0.6 is 0 Å². The second-order valence-corrected chi connectivity index (χ2v) is 0.449. The lowest BCUT2D eigenvalue weighted by Gasteiger charge is -1.73. The maximum Gasteiger partial charge on any atom is 0.317 e. The lowest BCUT2D eigenvalue weighted by molar-refractivity contribution is -0.135. The normalized spacial score (nSPS) is 16.2. The molecule has 0 aromatic heterocycles. The molecule has 0 spiro atoms. The van der Waals surface area contributed by atoms with E-state index in [1.807, 2.05) is 0 Å². The van der Waals surface area contributed by atoms with Gasteiger partial charge in [-0.15, -0.1) is 0 Å². The third kappa shape index (κ3) is 3.43. The van der Waals surface area contributed by atoms with Crippen molar-refractivity contribution in [3.05, 3.63) is 0 Å². The summed E-state index contributed by atoms with van der Waals surface area (Å²) < 4.78 is 12.5. The Hall–Kier alpha value is -0.570. The van der Waals surface area contributed by atoms with E-state index in [0.717, 1.165) is 0 Å². The van der Waals surface area contributed by atoms with Crippen LogP contribution < -0.4 is 5.73 Å². The highest BCUT2D eigenvalue weighted by atomic mass is 16.4. The summed E-state index contributed by atoms with van der Waals surface area (Å²) in [6, 6.07) is 0. The van der Waals surface area contributed by atoms with E-state index in [9.17, 15) is 4.79 Å². The fourth-order valence-electron chi connectivity index (χ4n) is 0. The largest absolute Gasteiger partial charge is 0.480 e. The molecule has 0 unspecified atom stereocenters. The Balaban J connectivity index is 3.79. The van der Waals surface area contributed by atoms with Gasteiger partial charge in [-0.3, -0.25) is 4.79 Å². The van der Waals surface area contributed by atoms with E-state index < -0.39 is 12.5 Å². The molecule has 3 heteroatoms. The molecule has 3 N–H and O–H groups in total. The summed E-state index contributed by atoms with van der Waals surface area (Å²) in [4.78, 5) is 9.52. The first-order valence-electron chi connectivity index (χ1n) is 1.97. The molecule has 30 valence electrons. The minimum Gasteiger partial charge on any atom is -0.480 e. The lowest BCUT2D eigenvalue weighted by atomic mass is 10.7. The second kappa shape index (κ2) is 1.72. The van der Waals surface area contributed by atoms with Crippen LogP contribution in [0.15, 0.2) is 0 Å². The second-order valence-electron chi connectivity index (χ2n) is 0.449. The fraction of sp³-hybridized carbons (Fsp3) is 0.500. The third-order valence-electron chi connectivity index (χ3n) is 0.123. The van der Waals surface area contributed by atoms with Crippen molar-refractivity contribution >= 4 is 5.97 Å². The smallest absolute Gasteiger partial charge is 0.317 e. The van der Waals surface area contributed by atoms with Gasteiger partial charge in [0.25, 0.3) is 0 Å². The molecule has 0 radical (unpaired) electrons. The number of hydrogen-bond donors (Lipinski definition) is 2. The SMILES string of the molecule is [3H]C([3H])(N)C(=O)O. The molecule has 0 bridgehead atoms. The van der Waals surface area contributed by atoms with Crippen LogP contribution in [0.3, 0.4) is 0 Å². The molecule has 0 aliphatic rings. The molecule has 0 aromatic carbocycles. The van der Waals surface area contributed by atoms with Crippen LogP contribution in [0.4, 0.5) is 0 Å². The Labute approximate surface area is 32.2 Å². The Morgan fingerprint density at radius 3 is 2.60 bits per heavy atom. The maximum atomic E-state index is 9.52. The van der Waals surface area contributed by atoms with Crippen molar-refractivity contribution in [3.8, 4) is 0 Å². The fourth-order valence-corrected chi connectivity index (χ4v) is 0. The molecular weight excluding hydrogens is 70.0 g/mol. The predicted octanol–water partition coefficient (Wildman–Crippen LogP) is -0.970. The van der Waals surface area contributed by atoms with Crippen LogP contribution in [0, 0.1) is 0 Å². The van der Waals surface area contributed by atoms with E-state index in [1.165, 1.54) is 0 Å². The number of carboxylic acids is 1. The van der Waals surface area contributed by atoms with E-state index in [2.05, 4.69) is 5.73 Å². The first-order chi connectivity index (χ1) is 2.94. The van der Waals surface area contributed by atoms with Gasteiger partial charge in [-0.2, -0.15) is 0 Å². The molecule has 0 amide bonds. The number of carbonyl (C=O) groups is 1. The van der Waals surface area contributed by atoms with Gasteiger partial charge in [0, 0.05) is 0 Å². The molecule has 0 aliphatic carbocycles. The number of hydrogen-bond acceptors (Lipinski definition) is 2. The minimum atomic E-state index is -2.58. The average molecular weight is 79.1 g/mol. The lowest BCUT2D eigenvalue weighted by Crippen LogP contribution is -2.10. The van der Waals surface area contributed by atoms with E-state index in [-0.39, 0.29) is 0 Å². The molecule has 0 aromatic rings. The van der Waals surface area contributed by atoms with Crippen molar-refractivity contribution < 1.29 is 12.6 Å². The summed E-state index contributed by atoms with van der Waals surface area (Å²) in [5.74, 6) is -1.65. The molecule has 0 aliphatic heterocycles. The Bertz CT molecular complexity index is 86.2. The Morgan fingerprint density at radius 1 is 2.40 bits per heavy atom. The van der Waals surface area contributed by atoms with Crippen molar-refractivity contribution in [2.45, 2.75) is 0 Å². The van der Waals surface area contributed by atoms with Crippen molar-refractivity contribution in [2.75, 3.05) is 6.50 Å². The molecule has 0 saturated heterocycles. The molecule has 3 nitrogen and oxygen atoms in total. The van der Waals surface area contributed by atoms with Crippen molar-refractivity contribution in [2.24, 2.45) is 5.73 Å². The third-order valence-corrected chi connectivity index (χ3v) is 0.123. The zero-order valence-corrected chi connectivity index (χ0v) is 2.43. The van der Waals surface area contributed by atoms with Crippen LogP contribution in [-0.4, -0.2) is 17.6 Å². The van der Waals surface area contributed by atoms with Crippen LogP contribution in [-0.2, 0) is 4.79 Å². The highest BCUT2D eigenvalue weighted by Gasteiger charge is 1.81. The quantitative estimate of drug-likeness (QED) is 0.425. The molecule has 5 heavy (non-hydrogen) atoms. The van der Waals surface area contributed by atoms with Crippen LogP contribution in [0.5, 0.6) is 0 Å². The number of carboxylic acid groups (broad SMARTS) is 1. The van der Waals surface area contributed by atoms with Gasteiger partial charge in [0.1, 0.15) is 0 Å². The van der Waals surface area contributed by atoms with Crippen molar-refractivity contribution in [3.63, 3.8) is 0 Å². The minimum absolute atomic E-state index is 1.65. The number of nitrogens with two attached hydrogens (primary N) is 1. The molecule has 0 rings (SSSR count). The Kier molecular flexibility index (Phi) is 0.609. The molecule has 0 saturated carbocycles. The summed E-state index contributed by atoms with van der Waals surface area (Å²) in [7, 11) is 0. The van der Waals surface area contributed by atoms with Gasteiger partial charge in [-0.1, -0.05) is 0 Å². The standard InChI is InChI=1S/C2H5NO2/c3-1-2(4)5/h1,3H2,(H,4,5)/i1T2. The monoisotopic (exact) mass is 79.0 g/mol. The number of rotatable bonds is 1. The summed E-state index contributed by atoms with van der Waals surface area (Å²) in [6.45, 7) is -2.58. The van der Waals surface area contributed by atoms with Gasteiger partial charge in [0.15, 0.2) is 0 Å². The Morgan fingerprint density at radius 2 is 2.60 bits per heavy atom. The van der Waals surface area contributed by atoms with Gasteiger partial charge < -0.3 is 10.8 Å². The highest BCUT2D eigenvalue weighted by molar-refractivity contribution is 5.68. The average Bonchev–Trinajstić information content (AvgIpc) is 1.31. The van der Waals surface area contributed by atoms with E-state index in [1.54, 1.807) is 0 Å². The van der Waals surface area contributed by atoms with Crippen molar-refractivity contribution in [1.29, 1.82) is 0 Å². The topological polar surface area (TPSA) is 63.3 Å². The van der Waals surface area contributed by atoms with Gasteiger partial charge >= 0.3 is 5.97 Å². The van der Waals surface area contributed by atoms with E-state index >= 15 is 0 Å². The highest BCUT2D eigenvalue weighted by Crippen LogP contribution is 1.43. The van der Waals surface area contributed by atoms with Crippen LogP contribution in [0.25, 0.3) is 0 Å². The summed E-state index contributed by atoms with van der Waals surface area (Å²) in [6.07, 6.45) is 0. The van der Waals surface area contributed by atoms with Crippen LogP contribution in [0.2, 0.25) is 0 Å². The number of aliphatic carboxylic acids is 1. The van der Waals surface area contributed by atoms with E-state index in [0.29, 0.717) is 0 Å².